The maximum atomic E-state index is 10.9. The van der Waals surface area contributed by atoms with Crippen LogP contribution in [0.4, 0.5) is 4.20 Å². The quantitative estimate of drug-likeness (QED) is 0.134. The Kier molecular flexibility index (Phi) is 12.2. The predicted molar refractivity (Wildman–Crippen MR) is 52.5 cm³/mol. The number of carbonyl (C=O) groups is 1. The van der Waals surface area contributed by atoms with Gasteiger partial charge < -0.3 is 19.1 Å². The van der Waals surface area contributed by atoms with Crippen LogP contribution >= 0.6 is 7.91 Å². The van der Waals surface area contributed by atoms with Crippen molar-refractivity contribution in [1.29, 1.82) is 0 Å². The molecule has 0 bridgehead atoms. The van der Waals surface area contributed by atoms with Crippen molar-refractivity contribution in [3.8, 4) is 0 Å². The van der Waals surface area contributed by atoms with E-state index in [2.05, 4.69) is 6.58 Å². The van der Waals surface area contributed by atoms with Crippen LogP contribution in [0.25, 0.3) is 0 Å². The molecule has 96 valence electrons. The Labute approximate surface area is 123 Å². The van der Waals surface area contributed by atoms with Gasteiger partial charge in [-0.25, -0.2) is 8.99 Å². The maximum absolute atomic E-state index is 10.9. The molecule has 0 heterocycles. The molecule has 9 heteroatoms. The molecule has 0 aliphatic carbocycles. The molecular weight excluding hydrogens is 263 g/mol. The monoisotopic (exact) mass is 279 g/mol. The molecule has 0 saturated heterocycles. The van der Waals surface area contributed by atoms with Gasteiger partial charge in [-0.2, -0.15) is 0 Å². The Balaban J connectivity index is -0.000000280. The van der Waals surface area contributed by atoms with Gasteiger partial charge in [0.25, 0.3) is 0 Å². The normalized spacial score (nSPS) is 10.5. The molecule has 0 fully saturated rings. The standard InChI is InChI=1S/C8H16NO2.FH2O3P.Na/c1-7(2)8(10)11-6-9(3,4)5;1-5(2,3)4;/h1,6H2,2-5H3;(H2,2,3,4);/q+1;;+1/p-2. The summed E-state index contributed by atoms with van der Waals surface area (Å²) in [5.74, 6) is -0.321. The van der Waals surface area contributed by atoms with Crippen molar-refractivity contribution in [2.24, 2.45) is 0 Å². The molecule has 0 radical (unpaired) electrons. The van der Waals surface area contributed by atoms with Crippen LogP contribution in [-0.4, -0.2) is 38.3 Å². The van der Waals surface area contributed by atoms with Gasteiger partial charge in [-0.1, -0.05) is 6.58 Å². The molecule has 0 aliphatic heterocycles. The van der Waals surface area contributed by atoms with Crippen LogP contribution in [0.2, 0.25) is 0 Å². The van der Waals surface area contributed by atoms with E-state index in [-0.39, 0.29) is 35.5 Å². The van der Waals surface area contributed by atoms with Crippen LogP contribution in [0, 0.1) is 0 Å². The molecule has 17 heavy (non-hydrogen) atoms. The Morgan fingerprint density at radius 3 is 1.88 bits per heavy atom. The number of quaternary nitrogens is 1. The minimum atomic E-state index is -5.64. The number of ether oxygens (including phenoxy) is 1. The fourth-order valence-corrected chi connectivity index (χ4v) is 0.375. The van der Waals surface area contributed by atoms with Gasteiger partial charge in [0, 0.05) is 5.57 Å². The fourth-order valence-electron chi connectivity index (χ4n) is 0.375. The first-order valence-corrected chi connectivity index (χ1v) is 5.61. The van der Waals surface area contributed by atoms with E-state index in [9.17, 15) is 8.99 Å². The first-order valence-electron chi connectivity index (χ1n) is 4.18. The van der Waals surface area contributed by atoms with Crippen molar-refractivity contribution in [1.82, 2.24) is 0 Å². The number of rotatable bonds is 3. The van der Waals surface area contributed by atoms with Gasteiger partial charge in [0.05, 0.1) is 21.1 Å². The van der Waals surface area contributed by atoms with Gasteiger partial charge in [-0.15, -0.1) is 0 Å². The van der Waals surface area contributed by atoms with Crippen LogP contribution in [0.5, 0.6) is 0 Å². The third-order valence-electron chi connectivity index (χ3n) is 0.931. The molecule has 0 spiro atoms. The summed E-state index contributed by atoms with van der Waals surface area (Å²) in [6, 6.07) is 0. The van der Waals surface area contributed by atoms with Crippen molar-refractivity contribution in [3.05, 3.63) is 12.2 Å². The average Bonchev–Trinajstić information content (AvgIpc) is 1.95. The van der Waals surface area contributed by atoms with E-state index in [4.69, 9.17) is 19.1 Å². The van der Waals surface area contributed by atoms with Gasteiger partial charge in [0.15, 0.2) is 0 Å². The van der Waals surface area contributed by atoms with E-state index < -0.39 is 7.91 Å². The Morgan fingerprint density at radius 2 is 1.71 bits per heavy atom. The van der Waals surface area contributed by atoms with Crippen molar-refractivity contribution >= 4 is 13.9 Å². The molecule has 0 rings (SSSR count). The molecule has 6 nitrogen and oxygen atoms in total. The third kappa shape index (κ3) is 31.4. The van der Waals surface area contributed by atoms with Crippen LogP contribution in [0.15, 0.2) is 12.2 Å². The number of esters is 1. The molecular formula is C8H16FNNaO5P. The SMILES string of the molecule is C=C(C)C(=O)OC[N+](C)(C)C.O=P([O-])([O-])F.[Na+]. The summed E-state index contributed by atoms with van der Waals surface area (Å²) in [4.78, 5) is 27.7. The number of nitrogens with zero attached hydrogens (tertiary/aromatic N) is 1. The minimum Gasteiger partial charge on any atom is -0.786 e. The molecule has 0 saturated carbocycles. The zero-order valence-electron chi connectivity index (χ0n) is 10.7. The first-order chi connectivity index (χ1) is 6.83. The van der Waals surface area contributed by atoms with E-state index in [1.165, 1.54) is 0 Å². The Hall–Kier alpha value is 0.250. The van der Waals surface area contributed by atoms with E-state index >= 15 is 0 Å². The largest absolute Gasteiger partial charge is 1.00 e. The third-order valence-corrected chi connectivity index (χ3v) is 0.931. The molecule has 0 N–H and O–H groups in total. The zero-order chi connectivity index (χ0) is 13.6. The van der Waals surface area contributed by atoms with E-state index in [1.54, 1.807) is 6.92 Å². The summed E-state index contributed by atoms with van der Waals surface area (Å²) in [5, 5.41) is 0. The average molecular weight is 279 g/mol. The van der Waals surface area contributed by atoms with Crippen molar-refractivity contribution in [3.63, 3.8) is 0 Å². The van der Waals surface area contributed by atoms with E-state index in [0.29, 0.717) is 16.8 Å². The second-order valence-corrected chi connectivity index (χ2v) is 4.92. The number of halogens is 1. The summed E-state index contributed by atoms with van der Waals surface area (Å²) < 4.78 is 24.1. The minimum absolute atomic E-state index is 0. The maximum Gasteiger partial charge on any atom is 1.00 e. The molecule has 0 unspecified atom stereocenters. The smallest absolute Gasteiger partial charge is 0.786 e. The van der Waals surface area contributed by atoms with Crippen molar-refractivity contribution in [2.75, 3.05) is 27.9 Å². The van der Waals surface area contributed by atoms with Gasteiger partial charge in [-0.05, 0) is 6.92 Å². The molecule has 0 aromatic carbocycles. The zero-order valence-corrected chi connectivity index (χ0v) is 13.6. The summed E-state index contributed by atoms with van der Waals surface area (Å²) in [7, 11) is 0.211. The fraction of sp³-hybridized carbons (Fsp3) is 0.625. The second kappa shape index (κ2) is 9.22. The van der Waals surface area contributed by atoms with Crippen LogP contribution in [0.1, 0.15) is 6.92 Å². The molecule has 0 atom stereocenters. The van der Waals surface area contributed by atoms with Gasteiger partial charge in [0.1, 0.15) is 7.91 Å². The van der Waals surface area contributed by atoms with E-state index in [1.807, 2.05) is 21.1 Å². The van der Waals surface area contributed by atoms with Gasteiger partial charge >= 0.3 is 35.5 Å². The number of hydrogen-bond donors (Lipinski definition) is 0. The predicted octanol–water partition coefficient (Wildman–Crippen LogP) is -3.44. The summed E-state index contributed by atoms with van der Waals surface area (Å²) in [6.45, 7) is 5.49. The Bertz CT molecular complexity index is 291. The summed E-state index contributed by atoms with van der Waals surface area (Å²) in [5.41, 5.74) is 0.443. The van der Waals surface area contributed by atoms with Crippen LogP contribution < -0.4 is 39.3 Å². The number of hydrogen-bond acceptors (Lipinski definition) is 5. The molecule has 0 aromatic rings. The molecule has 0 amide bonds. The summed E-state index contributed by atoms with van der Waals surface area (Å²) in [6.07, 6.45) is 0. The molecule has 0 aliphatic rings. The van der Waals surface area contributed by atoms with Gasteiger partial charge in [0.2, 0.25) is 6.73 Å². The topological polar surface area (TPSA) is 89.5 Å². The Morgan fingerprint density at radius 1 is 1.41 bits per heavy atom. The van der Waals surface area contributed by atoms with E-state index in [0.717, 1.165) is 0 Å². The first kappa shape index (κ1) is 22.4. The molecule has 0 aromatic heterocycles. The second-order valence-electron chi connectivity index (χ2n) is 4.06. The van der Waals surface area contributed by atoms with Crippen molar-refractivity contribution < 1.29 is 62.1 Å². The number of carbonyl (C=O) groups excluding carboxylic acids is 1. The van der Waals surface area contributed by atoms with Crippen LogP contribution in [-0.2, 0) is 14.1 Å². The summed E-state index contributed by atoms with van der Waals surface area (Å²) >= 11 is 0. The van der Waals surface area contributed by atoms with Crippen LogP contribution in [0.3, 0.4) is 0 Å². The van der Waals surface area contributed by atoms with Gasteiger partial charge in [-0.3, -0.25) is 4.48 Å². The van der Waals surface area contributed by atoms with Crippen molar-refractivity contribution in [2.45, 2.75) is 6.92 Å².